The first-order valence-electron chi connectivity index (χ1n) is 11.2. The van der Waals surface area contributed by atoms with Crippen LogP contribution in [-0.4, -0.2) is 46.3 Å². The second kappa shape index (κ2) is 8.21. The van der Waals surface area contributed by atoms with Crippen LogP contribution in [0.3, 0.4) is 0 Å². The Labute approximate surface area is 201 Å². The van der Waals surface area contributed by atoms with E-state index in [0.717, 1.165) is 11.1 Å². The van der Waals surface area contributed by atoms with Crippen molar-refractivity contribution in [3.05, 3.63) is 64.2 Å². The van der Waals surface area contributed by atoms with Crippen LogP contribution < -0.4 is 10.6 Å². The molecule has 5 rings (SSSR count). The number of carboxylic acids is 1. The van der Waals surface area contributed by atoms with Gasteiger partial charge in [-0.2, -0.15) is 0 Å². The lowest BCUT2D eigenvalue weighted by molar-refractivity contribution is -0.143. The summed E-state index contributed by atoms with van der Waals surface area (Å²) in [5, 5.41) is 15.8. The summed E-state index contributed by atoms with van der Waals surface area (Å²) >= 11 is 6.32. The van der Waals surface area contributed by atoms with Gasteiger partial charge in [-0.3, -0.25) is 29.4 Å². The molecule has 0 bridgehead atoms. The molecule has 3 aliphatic rings. The van der Waals surface area contributed by atoms with Crippen molar-refractivity contribution in [3.63, 3.8) is 0 Å². The molecule has 3 amide bonds. The van der Waals surface area contributed by atoms with Crippen LogP contribution in [0.15, 0.2) is 42.5 Å². The van der Waals surface area contributed by atoms with E-state index in [4.69, 9.17) is 11.6 Å². The van der Waals surface area contributed by atoms with E-state index in [1.54, 1.807) is 12.1 Å². The van der Waals surface area contributed by atoms with E-state index in [-0.39, 0.29) is 25.3 Å². The number of rotatable bonds is 6. The van der Waals surface area contributed by atoms with Gasteiger partial charge in [0.15, 0.2) is 0 Å². The molecule has 2 saturated heterocycles. The van der Waals surface area contributed by atoms with Crippen LogP contribution in [0.25, 0.3) is 0 Å². The van der Waals surface area contributed by atoms with Gasteiger partial charge in [0.05, 0.1) is 11.8 Å². The first-order chi connectivity index (χ1) is 16.2. The molecule has 0 radical (unpaired) electrons. The maximum atomic E-state index is 13.7. The van der Waals surface area contributed by atoms with Crippen molar-refractivity contribution in [3.8, 4) is 0 Å². The van der Waals surface area contributed by atoms with E-state index in [2.05, 4.69) is 10.6 Å². The highest BCUT2D eigenvalue weighted by Crippen LogP contribution is 2.54. The second-order valence-electron chi connectivity index (χ2n) is 9.16. The number of nitrogens with zero attached hydrogens (tertiary/aromatic N) is 1. The minimum absolute atomic E-state index is 0.117. The Bertz CT molecular complexity index is 1220. The van der Waals surface area contributed by atoms with Crippen LogP contribution in [0.1, 0.15) is 29.5 Å². The predicted octanol–water partition coefficient (Wildman–Crippen LogP) is 2.48. The molecular weight excluding hydrogens is 458 g/mol. The van der Waals surface area contributed by atoms with Crippen molar-refractivity contribution in [2.45, 2.75) is 37.8 Å². The number of hydrogen-bond donors (Lipinski definition) is 3. The molecule has 3 N–H and O–H groups in total. The molecule has 2 aromatic carbocycles. The zero-order valence-corrected chi connectivity index (χ0v) is 19.3. The van der Waals surface area contributed by atoms with E-state index in [0.29, 0.717) is 22.7 Å². The Kier molecular flexibility index (Phi) is 5.45. The molecule has 0 unspecified atom stereocenters. The highest BCUT2D eigenvalue weighted by Gasteiger charge is 2.70. The molecule has 176 valence electrons. The number of nitrogens with one attached hydrogen (secondary N) is 2. The molecule has 0 saturated carbocycles. The fourth-order valence-corrected chi connectivity index (χ4v) is 6.00. The molecule has 3 aliphatic heterocycles. The molecule has 4 atom stereocenters. The number of hydrogen-bond acceptors (Lipinski definition) is 5. The standard InChI is InChI=1S/C25H24ClN3O5/c1-13-11-15(26)12-16-21(13)27-24(34)25(16)20-19(17(28-25)7-8-18(30)31)22(32)29(23(20)33)10-9-14-5-3-2-4-6-14/h2-6,11-12,17,19-20,28H,7-10H2,1H3,(H,27,34)(H,30,31)/t17-,19+,20-,25+/m0/s1. The average molecular weight is 482 g/mol. The first kappa shape index (κ1) is 22.6. The number of fused-ring (bicyclic) bond motifs is 4. The molecule has 8 nitrogen and oxygen atoms in total. The van der Waals surface area contributed by atoms with Gasteiger partial charge < -0.3 is 10.4 Å². The number of anilines is 1. The molecule has 9 heteroatoms. The Morgan fingerprint density at radius 2 is 1.88 bits per heavy atom. The number of amides is 3. The fraction of sp³-hybridized carbons (Fsp3) is 0.360. The number of likely N-dealkylation sites (tertiary alicyclic amines) is 1. The Morgan fingerprint density at radius 3 is 2.59 bits per heavy atom. The van der Waals surface area contributed by atoms with Gasteiger partial charge in [0.1, 0.15) is 5.54 Å². The number of carbonyl (C=O) groups excluding carboxylic acids is 3. The van der Waals surface area contributed by atoms with Crippen LogP contribution in [0.4, 0.5) is 5.69 Å². The SMILES string of the molecule is Cc1cc(Cl)cc2c1NC(=O)[C@@]21N[C@@H](CCC(=O)O)[C@H]2C(=O)N(CCc3ccccc3)C(=O)[C@H]21. The van der Waals surface area contributed by atoms with Gasteiger partial charge in [0.2, 0.25) is 17.7 Å². The van der Waals surface area contributed by atoms with Crippen LogP contribution in [0, 0.1) is 18.8 Å². The Hall–Kier alpha value is -3.23. The van der Waals surface area contributed by atoms with Crippen LogP contribution in [0.5, 0.6) is 0 Å². The number of aryl methyl sites for hydroxylation is 1. The summed E-state index contributed by atoms with van der Waals surface area (Å²) in [7, 11) is 0. The summed E-state index contributed by atoms with van der Waals surface area (Å²) in [6, 6.07) is 12.3. The van der Waals surface area contributed by atoms with Crippen molar-refractivity contribution < 1.29 is 24.3 Å². The summed E-state index contributed by atoms with van der Waals surface area (Å²) in [5.41, 5.74) is 1.36. The van der Waals surface area contributed by atoms with Gasteiger partial charge in [-0.25, -0.2) is 0 Å². The van der Waals surface area contributed by atoms with Crippen molar-refractivity contribution >= 4 is 41.0 Å². The third-order valence-electron chi connectivity index (χ3n) is 7.21. The zero-order valence-electron chi connectivity index (χ0n) is 18.5. The maximum absolute atomic E-state index is 13.7. The van der Waals surface area contributed by atoms with Crippen molar-refractivity contribution in [2.24, 2.45) is 11.8 Å². The molecule has 0 aromatic heterocycles. The summed E-state index contributed by atoms with van der Waals surface area (Å²) in [6.45, 7) is 2.01. The van der Waals surface area contributed by atoms with Crippen molar-refractivity contribution in [1.29, 1.82) is 0 Å². The third kappa shape index (κ3) is 3.32. The monoisotopic (exact) mass is 481 g/mol. The summed E-state index contributed by atoms with van der Waals surface area (Å²) in [6.07, 6.45) is 0.420. The van der Waals surface area contributed by atoms with Gasteiger partial charge in [0.25, 0.3) is 0 Å². The summed E-state index contributed by atoms with van der Waals surface area (Å²) in [4.78, 5) is 53.3. The van der Waals surface area contributed by atoms with E-state index in [9.17, 15) is 24.3 Å². The minimum atomic E-state index is -1.48. The van der Waals surface area contributed by atoms with Crippen LogP contribution >= 0.6 is 11.6 Å². The normalized spacial score (nSPS) is 27.3. The molecular formula is C25H24ClN3O5. The molecule has 2 aromatic rings. The minimum Gasteiger partial charge on any atom is -0.481 e. The van der Waals surface area contributed by atoms with E-state index >= 15 is 0 Å². The van der Waals surface area contributed by atoms with E-state index in [1.165, 1.54) is 4.90 Å². The number of carboxylic acid groups (broad SMARTS) is 1. The smallest absolute Gasteiger partial charge is 0.303 e. The average Bonchev–Trinajstić information content (AvgIpc) is 3.37. The number of carbonyl (C=O) groups is 4. The van der Waals surface area contributed by atoms with Crippen molar-refractivity contribution in [1.82, 2.24) is 10.2 Å². The number of halogens is 1. The molecule has 3 heterocycles. The number of benzene rings is 2. The van der Waals surface area contributed by atoms with Crippen LogP contribution in [-0.2, 0) is 31.1 Å². The van der Waals surface area contributed by atoms with Gasteiger partial charge in [-0.15, -0.1) is 0 Å². The maximum Gasteiger partial charge on any atom is 0.303 e. The lowest BCUT2D eigenvalue weighted by atomic mass is 9.76. The topological polar surface area (TPSA) is 116 Å². The largest absolute Gasteiger partial charge is 0.481 e. The molecule has 0 aliphatic carbocycles. The predicted molar refractivity (Wildman–Crippen MR) is 124 cm³/mol. The van der Waals surface area contributed by atoms with Gasteiger partial charge in [-0.1, -0.05) is 41.9 Å². The van der Waals surface area contributed by atoms with E-state index < -0.39 is 41.2 Å². The second-order valence-corrected chi connectivity index (χ2v) is 9.59. The number of aliphatic carboxylic acids is 1. The summed E-state index contributed by atoms with van der Waals surface area (Å²) < 4.78 is 0. The zero-order chi connectivity index (χ0) is 24.2. The quantitative estimate of drug-likeness (QED) is 0.546. The molecule has 34 heavy (non-hydrogen) atoms. The van der Waals surface area contributed by atoms with Gasteiger partial charge >= 0.3 is 5.97 Å². The van der Waals surface area contributed by atoms with Crippen molar-refractivity contribution in [2.75, 3.05) is 11.9 Å². The Balaban J connectivity index is 1.55. The lowest BCUT2D eigenvalue weighted by Crippen LogP contribution is -2.53. The number of imide groups is 1. The highest BCUT2D eigenvalue weighted by molar-refractivity contribution is 6.31. The van der Waals surface area contributed by atoms with Gasteiger partial charge in [-0.05, 0) is 43.0 Å². The van der Waals surface area contributed by atoms with Gasteiger partial charge in [0, 0.05) is 35.3 Å². The first-order valence-corrected chi connectivity index (χ1v) is 11.6. The lowest BCUT2D eigenvalue weighted by Gasteiger charge is -2.29. The third-order valence-corrected chi connectivity index (χ3v) is 7.43. The molecule has 1 spiro atoms. The fourth-order valence-electron chi connectivity index (χ4n) is 5.73. The molecule has 2 fully saturated rings. The van der Waals surface area contributed by atoms with E-state index in [1.807, 2.05) is 37.3 Å². The summed E-state index contributed by atoms with van der Waals surface area (Å²) in [5.74, 6) is -4.03. The van der Waals surface area contributed by atoms with Crippen LogP contribution in [0.2, 0.25) is 5.02 Å². The highest BCUT2D eigenvalue weighted by atomic mass is 35.5. The Morgan fingerprint density at radius 1 is 1.15 bits per heavy atom.